The van der Waals surface area contributed by atoms with Gasteiger partial charge in [-0.1, -0.05) is 44.2 Å². The van der Waals surface area contributed by atoms with Crippen LogP contribution in [-0.2, 0) is 19.1 Å². The number of ether oxygens (including phenoxy) is 3. The van der Waals surface area contributed by atoms with Gasteiger partial charge in [0, 0.05) is 24.0 Å². The fourth-order valence-corrected chi connectivity index (χ4v) is 4.74. The molecule has 2 N–H and O–H groups in total. The zero-order chi connectivity index (χ0) is 23.0. The molecule has 0 unspecified atom stereocenters. The van der Waals surface area contributed by atoms with Crippen LogP contribution in [0.4, 0.5) is 0 Å². The normalized spacial score (nSPS) is 20.1. The molecule has 6 heteroatoms. The lowest BCUT2D eigenvalue weighted by atomic mass is 9.69. The molecule has 1 heterocycles. The number of ketones is 1. The quantitative estimate of drug-likeness (QED) is 0.683. The van der Waals surface area contributed by atoms with Crippen molar-refractivity contribution in [1.29, 1.82) is 0 Å². The van der Waals surface area contributed by atoms with Gasteiger partial charge >= 0.3 is 5.97 Å². The van der Waals surface area contributed by atoms with Gasteiger partial charge in [-0.15, -0.1) is 0 Å². The van der Waals surface area contributed by atoms with Gasteiger partial charge in [0.25, 0.3) is 0 Å². The summed E-state index contributed by atoms with van der Waals surface area (Å²) in [6.45, 7) is 8.31. The summed E-state index contributed by atoms with van der Waals surface area (Å²) in [5.74, 6) is -0.253. The minimum absolute atomic E-state index is 0.0203. The van der Waals surface area contributed by atoms with Crippen LogP contribution in [0.3, 0.4) is 0 Å². The number of Topliss-reactive ketones (excluding diaryl/α,β-unsaturated/α-hetero) is 1. The molecule has 2 aromatic rings. The van der Waals surface area contributed by atoms with E-state index in [0.29, 0.717) is 36.5 Å². The molecule has 1 atom stereocenters. The highest BCUT2D eigenvalue weighted by Crippen LogP contribution is 2.51. The summed E-state index contributed by atoms with van der Waals surface area (Å²) in [4.78, 5) is 26.6. The maximum Gasteiger partial charge on any atom is 0.340 e. The molecule has 6 nitrogen and oxygen atoms in total. The molecule has 2 aliphatic rings. The summed E-state index contributed by atoms with van der Waals surface area (Å²) in [7, 11) is 0. The molecular formula is C26H29NO5. The van der Waals surface area contributed by atoms with Crippen LogP contribution >= 0.6 is 0 Å². The van der Waals surface area contributed by atoms with Crippen molar-refractivity contribution in [2.75, 3.05) is 13.2 Å². The first-order valence-corrected chi connectivity index (χ1v) is 11.0. The molecule has 0 bridgehead atoms. The molecule has 0 amide bonds. The number of nitrogens with two attached hydrogens (primary N) is 1. The summed E-state index contributed by atoms with van der Waals surface area (Å²) >= 11 is 0. The van der Waals surface area contributed by atoms with Crippen molar-refractivity contribution < 1.29 is 23.8 Å². The summed E-state index contributed by atoms with van der Waals surface area (Å²) in [6.07, 6.45) is 0.909. The SMILES string of the molecule is CCOC(=O)C1=C(N)OC2=C(C(=O)CC(C)(C)C2)[C@@H]1c1c(OCC)ccc2ccccc12. The number of fused-ring (bicyclic) bond motifs is 1. The number of hydrogen-bond acceptors (Lipinski definition) is 6. The van der Waals surface area contributed by atoms with Gasteiger partial charge in [0.2, 0.25) is 5.88 Å². The van der Waals surface area contributed by atoms with Gasteiger partial charge in [0.1, 0.15) is 17.1 Å². The number of hydrogen-bond donors (Lipinski definition) is 1. The summed E-state index contributed by atoms with van der Waals surface area (Å²) in [5, 5.41) is 1.87. The molecule has 1 aliphatic heterocycles. The lowest BCUT2D eigenvalue weighted by Gasteiger charge is -2.38. The van der Waals surface area contributed by atoms with E-state index in [1.165, 1.54) is 0 Å². The molecule has 0 saturated heterocycles. The second-order valence-electron chi connectivity index (χ2n) is 8.94. The Kier molecular flexibility index (Phi) is 5.71. The van der Waals surface area contributed by atoms with Crippen molar-refractivity contribution in [3.05, 3.63) is 64.8 Å². The Labute approximate surface area is 188 Å². The first-order valence-electron chi connectivity index (χ1n) is 11.0. The number of esters is 1. The molecular weight excluding hydrogens is 406 g/mol. The van der Waals surface area contributed by atoms with Gasteiger partial charge in [0.15, 0.2) is 5.78 Å². The van der Waals surface area contributed by atoms with Gasteiger partial charge in [-0.3, -0.25) is 4.79 Å². The average Bonchev–Trinajstić information content (AvgIpc) is 2.72. The van der Waals surface area contributed by atoms with Crippen LogP contribution in [0.25, 0.3) is 10.8 Å². The lowest BCUT2D eigenvalue weighted by Crippen LogP contribution is -2.36. The molecule has 0 saturated carbocycles. The Bertz CT molecular complexity index is 1160. The first-order chi connectivity index (χ1) is 15.3. The molecule has 0 aromatic heterocycles. The summed E-state index contributed by atoms with van der Waals surface area (Å²) < 4.78 is 17.2. The highest BCUT2D eigenvalue weighted by atomic mass is 16.5. The smallest absolute Gasteiger partial charge is 0.340 e. The van der Waals surface area contributed by atoms with E-state index in [4.69, 9.17) is 19.9 Å². The third kappa shape index (κ3) is 3.74. The van der Waals surface area contributed by atoms with E-state index in [-0.39, 0.29) is 29.3 Å². The van der Waals surface area contributed by atoms with Gasteiger partial charge < -0.3 is 19.9 Å². The van der Waals surface area contributed by atoms with Crippen molar-refractivity contribution in [1.82, 2.24) is 0 Å². The molecule has 0 radical (unpaired) electrons. The minimum Gasteiger partial charge on any atom is -0.494 e. The van der Waals surface area contributed by atoms with Gasteiger partial charge in [-0.25, -0.2) is 4.79 Å². The van der Waals surface area contributed by atoms with Gasteiger partial charge in [-0.2, -0.15) is 0 Å². The zero-order valence-electron chi connectivity index (χ0n) is 19.0. The maximum absolute atomic E-state index is 13.5. The Hall–Kier alpha value is -3.28. The fraction of sp³-hybridized carbons (Fsp3) is 0.385. The van der Waals surface area contributed by atoms with E-state index in [0.717, 1.165) is 16.3 Å². The summed E-state index contributed by atoms with van der Waals surface area (Å²) in [6, 6.07) is 11.7. The average molecular weight is 436 g/mol. The molecule has 2 aromatic carbocycles. The predicted octanol–water partition coefficient (Wildman–Crippen LogP) is 4.73. The van der Waals surface area contributed by atoms with Crippen LogP contribution in [0.1, 0.15) is 52.0 Å². The van der Waals surface area contributed by atoms with E-state index in [9.17, 15) is 9.59 Å². The first kappa shape index (κ1) is 21.9. The van der Waals surface area contributed by atoms with Crippen molar-refractivity contribution in [2.45, 2.75) is 46.5 Å². The molecule has 168 valence electrons. The second-order valence-corrected chi connectivity index (χ2v) is 8.94. The standard InChI is InChI=1S/C26H29NO5/c1-5-30-18-12-11-15-9-7-8-10-16(15)20(18)22-21-17(28)13-26(3,4)14-19(21)32-24(27)23(22)25(29)31-6-2/h7-12,22H,5-6,13-14,27H2,1-4H3/t22-/m0/s1. The third-order valence-corrected chi connectivity index (χ3v) is 5.97. The molecule has 0 fully saturated rings. The number of carbonyl (C=O) groups is 2. The zero-order valence-corrected chi connectivity index (χ0v) is 19.0. The van der Waals surface area contributed by atoms with Crippen LogP contribution in [0.15, 0.2) is 59.2 Å². The van der Waals surface area contributed by atoms with Crippen LogP contribution in [0.2, 0.25) is 0 Å². The monoisotopic (exact) mass is 435 g/mol. The number of rotatable bonds is 5. The van der Waals surface area contributed by atoms with Crippen molar-refractivity contribution in [3.63, 3.8) is 0 Å². The molecule has 1 aliphatic carbocycles. The van der Waals surface area contributed by atoms with Crippen LogP contribution in [0, 0.1) is 5.41 Å². The van der Waals surface area contributed by atoms with E-state index < -0.39 is 11.9 Å². The molecule has 32 heavy (non-hydrogen) atoms. The minimum atomic E-state index is -0.728. The fourth-order valence-electron chi connectivity index (χ4n) is 4.74. The van der Waals surface area contributed by atoms with Crippen LogP contribution < -0.4 is 10.5 Å². The van der Waals surface area contributed by atoms with E-state index >= 15 is 0 Å². The van der Waals surface area contributed by atoms with E-state index in [1.807, 2.05) is 57.2 Å². The van der Waals surface area contributed by atoms with Gasteiger partial charge in [-0.05, 0) is 36.1 Å². The van der Waals surface area contributed by atoms with E-state index in [2.05, 4.69) is 0 Å². The van der Waals surface area contributed by atoms with Crippen LogP contribution in [-0.4, -0.2) is 25.0 Å². The van der Waals surface area contributed by atoms with Crippen LogP contribution in [0.5, 0.6) is 5.75 Å². The highest BCUT2D eigenvalue weighted by molar-refractivity contribution is 6.05. The van der Waals surface area contributed by atoms with Crippen molar-refractivity contribution in [2.24, 2.45) is 11.1 Å². The third-order valence-electron chi connectivity index (χ3n) is 5.97. The number of carbonyl (C=O) groups excluding carboxylic acids is 2. The van der Waals surface area contributed by atoms with Crippen molar-refractivity contribution in [3.8, 4) is 5.75 Å². The Morgan fingerprint density at radius 1 is 1.12 bits per heavy atom. The summed E-state index contributed by atoms with van der Waals surface area (Å²) in [5.41, 5.74) is 7.41. The Morgan fingerprint density at radius 3 is 2.59 bits per heavy atom. The molecule has 0 spiro atoms. The van der Waals surface area contributed by atoms with Crippen molar-refractivity contribution >= 4 is 22.5 Å². The highest BCUT2D eigenvalue weighted by Gasteiger charge is 2.46. The topological polar surface area (TPSA) is 87.9 Å². The second kappa shape index (κ2) is 8.34. The molecule has 4 rings (SSSR count). The Morgan fingerprint density at radius 2 is 1.88 bits per heavy atom. The largest absolute Gasteiger partial charge is 0.494 e. The van der Waals surface area contributed by atoms with E-state index in [1.54, 1.807) is 6.92 Å². The Balaban J connectivity index is 2.05. The number of allylic oxidation sites excluding steroid dienone is 2. The lowest BCUT2D eigenvalue weighted by molar-refractivity contribution is -0.139. The maximum atomic E-state index is 13.5. The predicted molar refractivity (Wildman–Crippen MR) is 122 cm³/mol. The van der Waals surface area contributed by atoms with Gasteiger partial charge in [0.05, 0.1) is 19.1 Å². The number of benzene rings is 2.